The zero-order valence-corrected chi connectivity index (χ0v) is 12.2. The summed E-state index contributed by atoms with van der Waals surface area (Å²) in [6.07, 6.45) is 0.714. The molecule has 0 heterocycles. The number of hydrogen-bond donors (Lipinski definition) is 0. The van der Waals surface area contributed by atoms with Gasteiger partial charge in [-0.05, 0) is 0 Å². The van der Waals surface area contributed by atoms with E-state index in [9.17, 15) is 4.79 Å². The van der Waals surface area contributed by atoms with Crippen LogP contribution >= 0.6 is 0 Å². The summed E-state index contributed by atoms with van der Waals surface area (Å²) in [4.78, 5) is 9.94. The van der Waals surface area contributed by atoms with Crippen LogP contribution in [0.5, 0.6) is 0 Å². The van der Waals surface area contributed by atoms with Gasteiger partial charge in [0.05, 0.1) is 66.1 Å². The van der Waals surface area contributed by atoms with Gasteiger partial charge in [0.2, 0.25) is 0 Å². The van der Waals surface area contributed by atoms with Crippen molar-refractivity contribution in [3.63, 3.8) is 0 Å². The molecule has 0 aliphatic carbocycles. The summed E-state index contributed by atoms with van der Waals surface area (Å²) in [5.74, 6) is 0. The Bertz CT molecular complexity index is 190. The maximum Gasteiger partial charge on any atom is 0.145 e. The summed E-state index contributed by atoms with van der Waals surface area (Å²) in [5, 5.41) is 0. The molecule has 0 rings (SSSR count). The lowest BCUT2D eigenvalue weighted by Crippen LogP contribution is -2.14. The van der Waals surface area contributed by atoms with E-state index in [1.807, 2.05) is 0 Å². The van der Waals surface area contributed by atoms with Crippen molar-refractivity contribution in [3.8, 4) is 0 Å². The highest BCUT2D eigenvalue weighted by atomic mass is 16.6. The molecule has 0 aliphatic heterocycles. The van der Waals surface area contributed by atoms with E-state index in [1.165, 1.54) is 0 Å². The van der Waals surface area contributed by atoms with Crippen molar-refractivity contribution in [1.82, 2.24) is 0 Å². The summed E-state index contributed by atoms with van der Waals surface area (Å²) < 4.78 is 30.8. The van der Waals surface area contributed by atoms with Gasteiger partial charge in [-0.2, -0.15) is 0 Å². The molecule has 0 N–H and O–H groups in total. The van der Waals surface area contributed by atoms with Crippen LogP contribution in [-0.4, -0.2) is 86.1 Å². The maximum absolute atomic E-state index is 9.94. The molecule has 0 aliphatic rings. The molecule has 120 valence electrons. The van der Waals surface area contributed by atoms with Gasteiger partial charge in [0.15, 0.2) is 0 Å². The molecule has 7 nitrogen and oxygen atoms in total. The van der Waals surface area contributed by atoms with Crippen LogP contribution in [0.3, 0.4) is 0 Å². The van der Waals surface area contributed by atoms with Gasteiger partial charge in [-0.1, -0.05) is 0 Å². The van der Waals surface area contributed by atoms with E-state index in [0.717, 1.165) is 0 Å². The van der Waals surface area contributed by atoms with E-state index in [2.05, 4.69) is 0 Å². The van der Waals surface area contributed by atoms with E-state index in [0.29, 0.717) is 72.4 Å². The summed E-state index contributed by atoms with van der Waals surface area (Å²) in [6, 6.07) is 0. The third-order valence-electron chi connectivity index (χ3n) is 2.11. The number of carbonyl (C=O) groups is 1. The van der Waals surface area contributed by atoms with Gasteiger partial charge in [0, 0.05) is 7.11 Å². The standard InChI is InChI=1S/C13H26O7/c1-15-4-5-17-8-9-19-12-13-20-11-10-18-7-6-16-3-2-14/h2H,3-13H2,1H3. The zero-order chi connectivity index (χ0) is 14.7. The highest BCUT2D eigenvalue weighted by molar-refractivity contribution is 5.50. The SMILES string of the molecule is COCCOCCOCCOCCOCCOCC=O. The van der Waals surface area contributed by atoms with Crippen molar-refractivity contribution >= 4 is 6.29 Å². The minimum Gasteiger partial charge on any atom is -0.382 e. The second-order valence-electron chi connectivity index (χ2n) is 3.68. The number of aldehydes is 1. The summed E-state index contributed by atoms with van der Waals surface area (Å²) >= 11 is 0. The predicted molar refractivity (Wildman–Crippen MR) is 72.0 cm³/mol. The van der Waals surface area contributed by atoms with Gasteiger partial charge < -0.3 is 33.2 Å². The molecule has 0 saturated heterocycles. The molecule has 0 amide bonds. The highest BCUT2D eigenvalue weighted by Gasteiger charge is 1.93. The van der Waals surface area contributed by atoms with Crippen molar-refractivity contribution < 1.29 is 33.2 Å². The van der Waals surface area contributed by atoms with Crippen LogP contribution in [-0.2, 0) is 33.2 Å². The lowest BCUT2D eigenvalue weighted by Gasteiger charge is -2.07. The van der Waals surface area contributed by atoms with Crippen LogP contribution in [0.1, 0.15) is 0 Å². The van der Waals surface area contributed by atoms with Gasteiger partial charge in [0.25, 0.3) is 0 Å². The van der Waals surface area contributed by atoms with Gasteiger partial charge in [-0.15, -0.1) is 0 Å². The Morgan fingerprint density at radius 3 is 1.30 bits per heavy atom. The summed E-state index contributed by atoms with van der Waals surface area (Å²) in [5.41, 5.74) is 0. The molecular weight excluding hydrogens is 268 g/mol. The third kappa shape index (κ3) is 17.4. The van der Waals surface area contributed by atoms with Crippen molar-refractivity contribution in [2.24, 2.45) is 0 Å². The van der Waals surface area contributed by atoms with Crippen LogP contribution in [0.2, 0.25) is 0 Å². The Balaban J connectivity index is 2.90. The normalized spacial score (nSPS) is 10.8. The first kappa shape index (κ1) is 19.4. The van der Waals surface area contributed by atoms with Gasteiger partial charge >= 0.3 is 0 Å². The highest BCUT2D eigenvalue weighted by Crippen LogP contribution is 1.83. The molecule has 0 saturated carbocycles. The molecule has 0 aromatic rings. The van der Waals surface area contributed by atoms with Crippen LogP contribution in [0.25, 0.3) is 0 Å². The Morgan fingerprint density at radius 1 is 0.600 bits per heavy atom. The van der Waals surface area contributed by atoms with Crippen molar-refractivity contribution in [1.29, 1.82) is 0 Å². The molecule has 0 spiro atoms. The van der Waals surface area contributed by atoms with Crippen LogP contribution in [0.15, 0.2) is 0 Å². The zero-order valence-electron chi connectivity index (χ0n) is 12.2. The van der Waals surface area contributed by atoms with E-state index in [-0.39, 0.29) is 6.61 Å². The monoisotopic (exact) mass is 294 g/mol. The first-order valence-electron chi connectivity index (χ1n) is 6.73. The van der Waals surface area contributed by atoms with Crippen molar-refractivity contribution in [3.05, 3.63) is 0 Å². The summed E-state index contributed by atoms with van der Waals surface area (Å²) in [7, 11) is 1.64. The molecule has 7 heteroatoms. The Labute approximate surface area is 120 Å². The number of rotatable bonds is 17. The fourth-order valence-corrected chi connectivity index (χ4v) is 1.15. The quantitative estimate of drug-likeness (QED) is 0.274. The van der Waals surface area contributed by atoms with E-state index in [4.69, 9.17) is 28.4 Å². The number of ether oxygens (including phenoxy) is 6. The second-order valence-corrected chi connectivity index (χ2v) is 3.68. The third-order valence-corrected chi connectivity index (χ3v) is 2.11. The van der Waals surface area contributed by atoms with E-state index < -0.39 is 0 Å². The number of carbonyl (C=O) groups excluding carboxylic acids is 1. The lowest BCUT2D eigenvalue weighted by atomic mass is 10.7. The Hall–Kier alpha value is -0.570. The first-order valence-corrected chi connectivity index (χ1v) is 6.73. The van der Waals surface area contributed by atoms with Crippen molar-refractivity contribution in [2.45, 2.75) is 0 Å². The largest absolute Gasteiger partial charge is 0.382 e. The second kappa shape index (κ2) is 18.4. The molecule has 0 unspecified atom stereocenters. The average Bonchev–Trinajstić information content (AvgIpc) is 2.47. The minimum atomic E-state index is 0.117. The molecular formula is C13H26O7. The van der Waals surface area contributed by atoms with E-state index >= 15 is 0 Å². The Morgan fingerprint density at radius 2 is 0.950 bits per heavy atom. The fourth-order valence-electron chi connectivity index (χ4n) is 1.15. The number of hydrogen-bond acceptors (Lipinski definition) is 7. The predicted octanol–water partition coefficient (Wildman–Crippen LogP) is -0.0853. The topological polar surface area (TPSA) is 72.5 Å². The molecule has 0 aromatic carbocycles. The smallest absolute Gasteiger partial charge is 0.145 e. The molecule has 0 bridgehead atoms. The van der Waals surface area contributed by atoms with Crippen LogP contribution < -0.4 is 0 Å². The summed E-state index contributed by atoms with van der Waals surface area (Å²) in [6.45, 7) is 5.40. The molecule has 0 atom stereocenters. The maximum atomic E-state index is 9.94. The Kier molecular flexibility index (Phi) is 17.9. The fraction of sp³-hybridized carbons (Fsp3) is 0.923. The minimum absolute atomic E-state index is 0.117. The first-order chi connectivity index (χ1) is 9.91. The molecule has 0 aromatic heterocycles. The number of methoxy groups -OCH3 is 1. The molecule has 0 radical (unpaired) electrons. The average molecular weight is 294 g/mol. The van der Waals surface area contributed by atoms with Gasteiger partial charge in [0.1, 0.15) is 12.9 Å². The van der Waals surface area contributed by atoms with Crippen LogP contribution in [0, 0.1) is 0 Å². The lowest BCUT2D eigenvalue weighted by molar-refractivity contribution is -0.112. The van der Waals surface area contributed by atoms with Crippen LogP contribution in [0.4, 0.5) is 0 Å². The molecule has 0 fully saturated rings. The van der Waals surface area contributed by atoms with Gasteiger partial charge in [-0.25, -0.2) is 0 Å². The van der Waals surface area contributed by atoms with Crippen molar-refractivity contribution in [2.75, 3.05) is 79.8 Å². The van der Waals surface area contributed by atoms with E-state index in [1.54, 1.807) is 7.11 Å². The molecule has 20 heavy (non-hydrogen) atoms. The van der Waals surface area contributed by atoms with Gasteiger partial charge in [-0.3, -0.25) is 0 Å².